The Bertz CT molecular complexity index is 981. The zero-order chi connectivity index (χ0) is 20.1. The van der Waals surface area contributed by atoms with Crippen molar-refractivity contribution in [2.45, 2.75) is 5.54 Å². The van der Waals surface area contributed by atoms with Crippen LogP contribution in [0.1, 0.15) is 27.0 Å². The van der Waals surface area contributed by atoms with E-state index in [1.165, 1.54) is 0 Å². The first kappa shape index (κ1) is 19.0. The summed E-state index contributed by atoms with van der Waals surface area (Å²) in [6.45, 7) is 0. The molecule has 0 aliphatic rings. The Hall–Kier alpha value is -3.36. The molecule has 4 aromatic rings. The third kappa shape index (κ3) is 3.80. The molecule has 0 aliphatic carbocycles. The maximum atomic E-state index is 13.3. The molecule has 0 aromatic heterocycles. The molecule has 1 N–H and O–H groups in total. The van der Waals surface area contributed by atoms with Crippen molar-refractivity contribution < 1.29 is 4.79 Å². The molecule has 2 nitrogen and oxygen atoms in total. The second kappa shape index (κ2) is 8.34. The van der Waals surface area contributed by atoms with Gasteiger partial charge in [0, 0.05) is 10.6 Å². The highest BCUT2D eigenvalue weighted by Gasteiger charge is 2.38. The molecular formula is C26H20ClNO. The molecule has 0 atom stereocenters. The second-order valence-electron chi connectivity index (χ2n) is 6.81. The summed E-state index contributed by atoms with van der Waals surface area (Å²) < 4.78 is 0. The molecule has 4 rings (SSSR count). The van der Waals surface area contributed by atoms with Crippen LogP contribution in [0.25, 0.3) is 0 Å². The van der Waals surface area contributed by atoms with Gasteiger partial charge in [0.15, 0.2) is 0 Å². The molecule has 0 radical (unpaired) electrons. The molecule has 4 aromatic carbocycles. The van der Waals surface area contributed by atoms with Crippen LogP contribution in [0.2, 0.25) is 5.02 Å². The third-order valence-corrected chi connectivity index (χ3v) is 5.28. The molecule has 29 heavy (non-hydrogen) atoms. The van der Waals surface area contributed by atoms with Crippen LogP contribution in [0.4, 0.5) is 0 Å². The van der Waals surface area contributed by atoms with Crippen LogP contribution in [-0.2, 0) is 5.54 Å². The van der Waals surface area contributed by atoms with Gasteiger partial charge in [-0.05, 0) is 41.0 Å². The van der Waals surface area contributed by atoms with E-state index in [0.29, 0.717) is 10.6 Å². The maximum Gasteiger partial charge on any atom is 0.252 e. The molecule has 0 saturated heterocycles. The average molecular weight is 398 g/mol. The maximum absolute atomic E-state index is 13.3. The van der Waals surface area contributed by atoms with Crippen molar-refractivity contribution in [3.05, 3.63) is 143 Å². The number of benzene rings is 4. The number of amides is 1. The van der Waals surface area contributed by atoms with Gasteiger partial charge in [-0.3, -0.25) is 4.79 Å². The van der Waals surface area contributed by atoms with Gasteiger partial charge in [0.05, 0.1) is 0 Å². The fourth-order valence-electron chi connectivity index (χ4n) is 3.62. The van der Waals surface area contributed by atoms with E-state index in [1.54, 1.807) is 24.3 Å². The van der Waals surface area contributed by atoms with Gasteiger partial charge in [-0.15, -0.1) is 0 Å². The van der Waals surface area contributed by atoms with Gasteiger partial charge in [0.1, 0.15) is 5.54 Å². The van der Waals surface area contributed by atoms with E-state index in [-0.39, 0.29) is 5.91 Å². The molecule has 1 amide bonds. The lowest BCUT2D eigenvalue weighted by atomic mass is 9.77. The van der Waals surface area contributed by atoms with Crippen LogP contribution >= 0.6 is 11.6 Å². The summed E-state index contributed by atoms with van der Waals surface area (Å²) in [5.74, 6) is -0.168. The Kier molecular flexibility index (Phi) is 5.46. The molecule has 0 heterocycles. The van der Waals surface area contributed by atoms with Crippen LogP contribution < -0.4 is 5.32 Å². The van der Waals surface area contributed by atoms with Crippen molar-refractivity contribution in [1.29, 1.82) is 0 Å². The average Bonchev–Trinajstić information content (AvgIpc) is 2.79. The lowest BCUT2D eigenvalue weighted by Gasteiger charge is -2.37. The topological polar surface area (TPSA) is 29.1 Å². The van der Waals surface area contributed by atoms with Gasteiger partial charge in [-0.1, -0.05) is 103 Å². The Morgan fingerprint density at radius 1 is 0.586 bits per heavy atom. The molecule has 0 unspecified atom stereocenters. The lowest BCUT2D eigenvalue weighted by Crippen LogP contribution is -2.47. The highest BCUT2D eigenvalue weighted by Crippen LogP contribution is 2.37. The molecule has 3 heteroatoms. The van der Waals surface area contributed by atoms with Crippen molar-refractivity contribution >= 4 is 17.5 Å². The molecule has 0 fully saturated rings. The normalized spacial score (nSPS) is 11.1. The minimum atomic E-state index is -0.833. The zero-order valence-corrected chi connectivity index (χ0v) is 16.5. The second-order valence-corrected chi connectivity index (χ2v) is 7.25. The van der Waals surface area contributed by atoms with E-state index in [9.17, 15) is 4.79 Å². The van der Waals surface area contributed by atoms with Crippen molar-refractivity contribution in [2.24, 2.45) is 0 Å². The quantitative estimate of drug-likeness (QED) is 0.407. The van der Waals surface area contributed by atoms with E-state index < -0.39 is 5.54 Å². The zero-order valence-electron chi connectivity index (χ0n) is 15.8. The summed E-state index contributed by atoms with van der Waals surface area (Å²) in [7, 11) is 0. The van der Waals surface area contributed by atoms with E-state index in [2.05, 4.69) is 5.32 Å². The molecule has 0 saturated carbocycles. The predicted molar refractivity (Wildman–Crippen MR) is 118 cm³/mol. The van der Waals surface area contributed by atoms with E-state index in [4.69, 9.17) is 11.6 Å². The van der Waals surface area contributed by atoms with Crippen LogP contribution in [0, 0.1) is 0 Å². The Balaban J connectivity index is 1.92. The first-order valence-corrected chi connectivity index (χ1v) is 9.82. The van der Waals surface area contributed by atoms with E-state index in [0.717, 1.165) is 16.7 Å². The Morgan fingerprint density at radius 2 is 0.966 bits per heavy atom. The molecule has 142 valence electrons. The smallest absolute Gasteiger partial charge is 0.252 e. The number of carbonyl (C=O) groups excluding carboxylic acids is 1. The van der Waals surface area contributed by atoms with E-state index >= 15 is 0 Å². The fraction of sp³-hybridized carbons (Fsp3) is 0.0385. The van der Waals surface area contributed by atoms with Gasteiger partial charge in [0.2, 0.25) is 0 Å². The molecular weight excluding hydrogens is 378 g/mol. The number of hydrogen-bond donors (Lipinski definition) is 1. The summed E-state index contributed by atoms with van der Waals surface area (Å²) in [5.41, 5.74) is 2.68. The molecule has 0 bridgehead atoms. The summed E-state index contributed by atoms with van der Waals surface area (Å²) in [6, 6.07) is 37.1. The molecule has 0 aliphatic heterocycles. The number of halogens is 1. The number of hydrogen-bond acceptors (Lipinski definition) is 1. The SMILES string of the molecule is O=C(NC(c1ccccc1)(c1ccccc1)c1ccccc1)c1ccc(Cl)cc1. The minimum absolute atomic E-state index is 0.168. The first-order chi connectivity index (χ1) is 14.2. The van der Waals surface area contributed by atoms with Gasteiger partial charge in [0.25, 0.3) is 5.91 Å². The first-order valence-electron chi connectivity index (χ1n) is 9.45. The highest BCUT2D eigenvalue weighted by atomic mass is 35.5. The van der Waals surface area contributed by atoms with Crippen molar-refractivity contribution in [2.75, 3.05) is 0 Å². The van der Waals surface area contributed by atoms with Crippen LogP contribution in [0.3, 0.4) is 0 Å². The van der Waals surface area contributed by atoms with Crippen molar-refractivity contribution in [1.82, 2.24) is 5.32 Å². The summed E-state index contributed by atoms with van der Waals surface area (Å²) in [6.07, 6.45) is 0. The predicted octanol–water partition coefficient (Wildman–Crippen LogP) is 6.06. The van der Waals surface area contributed by atoms with Crippen LogP contribution in [0.5, 0.6) is 0 Å². The van der Waals surface area contributed by atoms with Gasteiger partial charge in [-0.25, -0.2) is 0 Å². The lowest BCUT2D eigenvalue weighted by molar-refractivity contribution is 0.0925. The minimum Gasteiger partial charge on any atom is -0.334 e. The van der Waals surface area contributed by atoms with Gasteiger partial charge >= 0.3 is 0 Å². The standard InChI is InChI=1S/C26H20ClNO/c27-24-18-16-20(17-19-24)25(29)28-26(21-10-4-1-5-11-21,22-12-6-2-7-13-22)23-14-8-3-9-15-23/h1-19H,(H,28,29). The highest BCUT2D eigenvalue weighted by molar-refractivity contribution is 6.30. The largest absolute Gasteiger partial charge is 0.334 e. The van der Waals surface area contributed by atoms with Gasteiger partial charge in [-0.2, -0.15) is 0 Å². The summed E-state index contributed by atoms with van der Waals surface area (Å²) >= 11 is 6.01. The molecule has 0 spiro atoms. The monoisotopic (exact) mass is 397 g/mol. The number of rotatable bonds is 5. The van der Waals surface area contributed by atoms with E-state index in [1.807, 2.05) is 91.0 Å². The Morgan fingerprint density at radius 3 is 1.34 bits per heavy atom. The van der Waals surface area contributed by atoms with Gasteiger partial charge < -0.3 is 5.32 Å². The Labute approximate surface area is 175 Å². The summed E-state index contributed by atoms with van der Waals surface area (Å²) in [5, 5.41) is 3.93. The van der Waals surface area contributed by atoms with Crippen LogP contribution in [-0.4, -0.2) is 5.91 Å². The number of nitrogens with one attached hydrogen (secondary N) is 1. The van der Waals surface area contributed by atoms with Crippen molar-refractivity contribution in [3.8, 4) is 0 Å². The van der Waals surface area contributed by atoms with Crippen LogP contribution in [0.15, 0.2) is 115 Å². The fourth-order valence-corrected chi connectivity index (χ4v) is 3.75. The van der Waals surface area contributed by atoms with Crippen molar-refractivity contribution in [3.63, 3.8) is 0 Å². The number of carbonyl (C=O) groups is 1. The third-order valence-electron chi connectivity index (χ3n) is 5.03. The summed E-state index contributed by atoms with van der Waals surface area (Å²) in [4.78, 5) is 13.3.